The topological polar surface area (TPSA) is 161 Å². The molecule has 0 spiro atoms. The van der Waals surface area contributed by atoms with E-state index in [9.17, 15) is 15.3 Å². The number of hydrogen-bond acceptors (Lipinski definition) is 8. The molecule has 0 bridgehead atoms. The first-order valence-electron chi connectivity index (χ1n) is 4.65. The SMILES string of the molecule is Nn1c([C@@H](O)[C@H](O)[C@@H](O)[C@@H](O)CO)n[nH]c1=S. The quantitative estimate of drug-likeness (QED) is 0.216. The average molecular weight is 266 g/mol. The highest BCUT2D eigenvalue weighted by atomic mass is 32.1. The van der Waals surface area contributed by atoms with Crippen LogP contribution in [0.15, 0.2) is 0 Å². The monoisotopic (exact) mass is 266 g/mol. The molecule has 98 valence electrons. The highest BCUT2D eigenvalue weighted by Crippen LogP contribution is 2.17. The normalized spacial score (nSPS) is 18.6. The molecule has 1 rings (SSSR count). The van der Waals surface area contributed by atoms with E-state index in [1.807, 2.05) is 0 Å². The Labute approximate surface area is 101 Å². The van der Waals surface area contributed by atoms with Crippen molar-refractivity contribution < 1.29 is 25.5 Å². The summed E-state index contributed by atoms with van der Waals surface area (Å²) < 4.78 is 0.838. The van der Waals surface area contributed by atoms with E-state index in [2.05, 4.69) is 10.2 Å². The number of nitrogens with one attached hydrogen (secondary N) is 1. The Balaban J connectivity index is 2.86. The van der Waals surface area contributed by atoms with Crippen LogP contribution in [0.4, 0.5) is 0 Å². The third-order valence-corrected chi connectivity index (χ3v) is 2.54. The van der Waals surface area contributed by atoms with E-state index in [-0.39, 0.29) is 10.6 Å². The third kappa shape index (κ3) is 2.80. The summed E-state index contributed by atoms with van der Waals surface area (Å²) in [5, 5.41) is 52.1. The summed E-state index contributed by atoms with van der Waals surface area (Å²) in [6, 6.07) is 0. The molecular weight excluding hydrogens is 252 g/mol. The van der Waals surface area contributed by atoms with Gasteiger partial charge in [-0.1, -0.05) is 0 Å². The zero-order valence-electron chi connectivity index (χ0n) is 8.63. The summed E-state index contributed by atoms with van der Waals surface area (Å²) in [7, 11) is 0. The molecule has 17 heavy (non-hydrogen) atoms. The highest BCUT2D eigenvalue weighted by molar-refractivity contribution is 7.71. The number of aromatic nitrogens is 3. The predicted molar refractivity (Wildman–Crippen MR) is 57.6 cm³/mol. The van der Waals surface area contributed by atoms with Gasteiger partial charge in [-0.25, -0.2) is 4.68 Å². The van der Waals surface area contributed by atoms with E-state index in [0.717, 1.165) is 4.68 Å². The van der Waals surface area contributed by atoms with Gasteiger partial charge in [0.1, 0.15) is 24.4 Å². The Bertz CT molecular complexity index is 421. The number of aliphatic hydroxyl groups is 5. The second-order valence-electron chi connectivity index (χ2n) is 3.43. The Kier molecular flexibility index (Phi) is 4.56. The van der Waals surface area contributed by atoms with Crippen LogP contribution in [0.2, 0.25) is 0 Å². The molecule has 0 aliphatic carbocycles. The van der Waals surface area contributed by atoms with Gasteiger partial charge >= 0.3 is 0 Å². The van der Waals surface area contributed by atoms with Crippen molar-refractivity contribution in [2.75, 3.05) is 12.4 Å². The average Bonchev–Trinajstić information content (AvgIpc) is 2.66. The van der Waals surface area contributed by atoms with Crippen LogP contribution in [-0.4, -0.2) is 65.3 Å². The summed E-state index contributed by atoms with van der Waals surface area (Å²) in [4.78, 5) is 0. The van der Waals surface area contributed by atoms with Crippen LogP contribution >= 0.6 is 12.2 Å². The maximum absolute atomic E-state index is 9.67. The molecule has 0 fully saturated rings. The first kappa shape index (κ1) is 14.0. The highest BCUT2D eigenvalue weighted by Gasteiger charge is 2.33. The molecule has 4 atom stereocenters. The molecule has 0 radical (unpaired) electrons. The van der Waals surface area contributed by atoms with Crippen molar-refractivity contribution >= 4 is 12.2 Å². The molecular formula is C7H14N4O5S. The largest absolute Gasteiger partial charge is 0.394 e. The van der Waals surface area contributed by atoms with Crippen LogP contribution < -0.4 is 5.84 Å². The van der Waals surface area contributed by atoms with Crippen LogP contribution in [0.1, 0.15) is 11.9 Å². The second kappa shape index (κ2) is 5.53. The molecule has 1 heterocycles. The predicted octanol–water partition coefficient (Wildman–Crippen LogP) is -3.24. The fraction of sp³-hybridized carbons (Fsp3) is 0.714. The van der Waals surface area contributed by atoms with Crippen molar-refractivity contribution in [2.24, 2.45) is 0 Å². The van der Waals surface area contributed by atoms with E-state index >= 15 is 0 Å². The second-order valence-corrected chi connectivity index (χ2v) is 3.82. The molecule has 0 aliphatic rings. The lowest BCUT2D eigenvalue weighted by Crippen LogP contribution is -2.43. The molecule has 8 N–H and O–H groups in total. The van der Waals surface area contributed by atoms with Gasteiger partial charge in [-0.2, -0.15) is 5.10 Å². The maximum Gasteiger partial charge on any atom is 0.214 e. The molecule has 1 aromatic rings. The lowest BCUT2D eigenvalue weighted by Gasteiger charge is -2.24. The molecule has 10 heteroatoms. The van der Waals surface area contributed by atoms with Crippen molar-refractivity contribution in [3.8, 4) is 0 Å². The van der Waals surface area contributed by atoms with Gasteiger partial charge in [-0.05, 0) is 12.2 Å². The maximum atomic E-state index is 9.67. The number of nitrogens with two attached hydrogens (primary N) is 1. The molecule has 9 nitrogen and oxygen atoms in total. The van der Waals surface area contributed by atoms with Crippen molar-refractivity contribution in [3.05, 3.63) is 10.6 Å². The van der Waals surface area contributed by atoms with Gasteiger partial charge in [0.2, 0.25) is 4.77 Å². The van der Waals surface area contributed by atoms with Gasteiger partial charge in [0.05, 0.1) is 6.61 Å². The number of nitrogens with zero attached hydrogens (tertiary/aromatic N) is 2. The van der Waals surface area contributed by atoms with E-state index < -0.39 is 31.0 Å². The van der Waals surface area contributed by atoms with Crippen molar-refractivity contribution in [2.45, 2.75) is 24.4 Å². The minimum atomic E-state index is -1.77. The van der Waals surface area contributed by atoms with E-state index in [1.165, 1.54) is 0 Å². The Morgan fingerprint density at radius 3 is 2.29 bits per heavy atom. The molecule has 0 saturated carbocycles. The smallest absolute Gasteiger partial charge is 0.214 e. The lowest BCUT2D eigenvalue weighted by molar-refractivity contribution is -0.118. The van der Waals surface area contributed by atoms with Gasteiger partial charge < -0.3 is 31.4 Å². The first-order chi connectivity index (χ1) is 7.90. The minimum Gasteiger partial charge on any atom is -0.394 e. The number of hydrogen-bond donors (Lipinski definition) is 7. The van der Waals surface area contributed by atoms with Gasteiger partial charge in [-0.15, -0.1) is 0 Å². The van der Waals surface area contributed by atoms with Gasteiger partial charge in [0, 0.05) is 0 Å². The summed E-state index contributed by atoms with van der Waals surface area (Å²) >= 11 is 4.70. The fourth-order valence-electron chi connectivity index (χ4n) is 1.20. The first-order valence-corrected chi connectivity index (χ1v) is 5.06. The van der Waals surface area contributed by atoms with Crippen LogP contribution in [-0.2, 0) is 0 Å². The summed E-state index contributed by atoms with van der Waals surface area (Å²) in [5.74, 6) is 5.20. The van der Waals surface area contributed by atoms with Crippen molar-refractivity contribution in [1.29, 1.82) is 0 Å². The summed E-state index contributed by atoms with van der Waals surface area (Å²) in [6.07, 6.45) is -6.78. The molecule has 0 saturated heterocycles. The molecule has 0 amide bonds. The van der Waals surface area contributed by atoms with Gasteiger partial charge in [0.25, 0.3) is 0 Å². The number of aromatic amines is 1. The molecule has 0 unspecified atom stereocenters. The van der Waals surface area contributed by atoms with Crippen LogP contribution in [0, 0.1) is 4.77 Å². The van der Waals surface area contributed by atoms with Gasteiger partial charge in [-0.3, -0.25) is 5.10 Å². The number of nitrogen functional groups attached to an aromatic ring is 1. The Morgan fingerprint density at radius 2 is 1.88 bits per heavy atom. The van der Waals surface area contributed by atoms with Crippen molar-refractivity contribution in [1.82, 2.24) is 14.9 Å². The number of H-pyrrole nitrogens is 1. The van der Waals surface area contributed by atoms with Gasteiger partial charge in [0.15, 0.2) is 5.82 Å². The van der Waals surface area contributed by atoms with E-state index in [1.54, 1.807) is 0 Å². The van der Waals surface area contributed by atoms with E-state index in [4.69, 9.17) is 28.3 Å². The lowest BCUT2D eigenvalue weighted by atomic mass is 10.0. The molecule has 1 aromatic heterocycles. The minimum absolute atomic E-state index is 0.0171. The Morgan fingerprint density at radius 1 is 1.29 bits per heavy atom. The van der Waals surface area contributed by atoms with Crippen molar-refractivity contribution in [3.63, 3.8) is 0 Å². The van der Waals surface area contributed by atoms with Crippen LogP contribution in [0.3, 0.4) is 0 Å². The van der Waals surface area contributed by atoms with Crippen LogP contribution in [0.25, 0.3) is 0 Å². The van der Waals surface area contributed by atoms with E-state index in [0.29, 0.717) is 0 Å². The summed E-state index contributed by atoms with van der Waals surface area (Å²) in [6.45, 7) is -0.763. The fourth-order valence-corrected chi connectivity index (χ4v) is 1.34. The Hall–Kier alpha value is -1.04. The number of aliphatic hydroxyl groups excluding tert-OH is 5. The van der Waals surface area contributed by atoms with Crippen LogP contribution in [0.5, 0.6) is 0 Å². The molecule has 0 aliphatic heterocycles. The molecule has 0 aromatic carbocycles. The number of rotatable bonds is 5. The standard InChI is InChI=1S/C7H14N4O5S/c8-11-6(9-10-7(11)17)5(16)4(15)3(14)2(13)1-12/h2-5,12-16H,1,8H2,(H,10,17)/t2-,3-,4+,5-/m0/s1. The summed E-state index contributed by atoms with van der Waals surface area (Å²) in [5.41, 5.74) is 0. The third-order valence-electron chi connectivity index (χ3n) is 2.25. The zero-order chi connectivity index (χ0) is 13.2. The zero-order valence-corrected chi connectivity index (χ0v) is 9.45.